The highest BCUT2D eigenvalue weighted by molar-refractivity contribution is 8.02. The highest BCUT2D eigenvalue weighted by Gasteiger charge is 2.32. The van der Waals surface area contributed by atoms with Crippen molar-refractivity contribution in [2.24, 2.45) is 5.92 Å². The Morgan fingerprint density at radius 3 is 2.62 bits per heavy atom. The van der Waals surface area contributed by atoms with E-state index in [0.717, 1.165) is 5.56 Å². The number of nitrogens with one attached hydrogen (secondary N) is 2. The van der Waals surface area contributed by atoms with Crippen molar-refractivity contribution >= 4 is 34.1 Å². The first-order valence-corrected chi connectivity index (χ1v) is 10.0. The first-order valence-electron chi connectivity index (χ1n) is 8.35. The van der Waals surface area contributed by atoms with Crippen LogP contribution in [0.2, 0.25) is 0 Å². The average Bonchev–Trinajstić information content (AvgIpc) is 3.07. The molecule has 0 aliphatic heterocycles. The third-order valence-corrected chi connectivity index (χ3v) is 6.17. The largest absolute Gasteiger partial charge is 0.356 e. The Labute approximate surface area is 162 Å². The normalized spacial score (nSPS) is 14.3. The molecule has 6 nitrogen and oxygen atoms in total. The lowest BCUT2D eigenvalue weighted by molar-refractivity contribution is -0.121. The maximum atomic E-state index is 12.4. The third-order valence-electron chi connectivity index (χ3n) is 4.11. The molecule has 2 unspecified atom stereocenters. The molecule has 2 atom stereocenters. The van der Waals surface area contributed by atoms with Gasteiger partial charge in [-0.05, 0) is 25.3 Å². The Balaban J connectivity index is 1.89. The summed E-state index contributed by atoms with van der Waals surface area (Å²) in [6.45, 7) is 8.04. The summed E-state index contributed by atoms with van der Waals surface area (Å²) in [5, 5.41) is 24.0. The quantitative estimate of drug-likeness (QED) is 0.669. The van der Waals surface area contributed by atoms with Crippen molar-refractivity contribution in [3.05, 3.63) is 35.9 Å². The van der Waals surface area contributed by atoms with Crippen LogP contribution in [0.5, 0.6) is 0 Å². The molecule has 26 heavy (non-hydrogen) atoms. The second-order valence-electron chi connectivity index (χ2n) is 6.43. The summed E-state index contributed by atoms with van der Waals surface area (Å²) in [4.78, 5) is 12.4. The fourth-order valence-corrected chi connectivity index (χ4v) is 3.86. The second-order valence-corrected chi connectivity index (χ2v) is 9.00. The molecule has 0 bridgehead atoms. The molecule has 0 fully saturated rings. The van der Waals surface area contributed by atoms with Gasteiger partial charge < -0.3 is 10.6 Å². The molecule has 2 aromatic rings. The maximum Gasteiger partial charge on any atom is 0.234 e. The van der Waals surface area contributed by atoms with Crippen LogP contribution in [0.25, 0.3) is 0 Å². The first-order chi connectivity index (χ1) is 12.3. The number of anilines is 1. The molecule has 0 radical (unpaired) electrons. The lowest BCUT2D eigenvalue weighted by atomic mass is 9.90. The van der Waals surface area contributed by atoms with Crippen molar-refractivity contribution in [2.45, 2.75) is 49.4 Å². The minimum atomic E-state index is -0.880. The van der Waals surface area contributed by atoms with Crippen LogP contribution in [0.3, 0.4) is 0 Å². The van der Waals surface area contributed by atoms with E-state index in [2.05, 4.69) is 26.9 Å². The third kappa shape index (κ3) is 5.44. The number of nitrogens with zero attached hydrogens (tertiary/aromatic N) is 3. The van der Waals surface area contributed by atoms with Gasteiger partial charge in [0.2, 0.25) is 11.0 Å². The molecule has 1 heterocycles. The minimum Gasteiger partial charge on any atom is -0.356 e. The van der Waals surface area contributed by atoms with E-state index >= 15 is 0 Å². The van der Waals surface area contributed by atoms with Crippen molar-refractivity contribution in [3.63, 3.8) is 0 Å². The number of nitriles is 1. The van der Waals surface area contributed by atoms with Crippen molar-refractivity contribution in [2.75, 3.05) is 5.32 Å². The van der Waals surface area contributed by atoms with Crippen LogP contribution in [0.1, 0.15) is 33.3 Å². The predicted octanol–water partition coefficient (Wildman–Crippen LogP) is 3.69. The summed E-state index contributed by atoms with van der Waals surface area (Å²) in [7, 11) is 0. The molecule has 1 aromatic carbocycles. The minimum absolute atomic E-state index is 0.0176. The van der Waals surface area contributed by atoms with Gasteiger partial charge in [-0.15, -0.1) is 10.2 Å². The van der Waals surface area contributed by atoms with Crippen LogP contribution in [0.4, 0.5) is 5.13 Å². The summed E-state index contributed by atoms with van der Waals surface area (Å²) in [6, 6.07) is 12.2. The molecular formula is C18H23N5OS2. The summed E-state index contributed by atoms with van der Waals surface area (Å²) < 4.78 is 0.714. The average molecular weight is 390 g/mol. The summed E-state index contributed by atoms with van der Waals surface area (Å²) in [5.41, 5.74) is 0.282. The van der Waals surface area contributed by atoms with Crippen LogP contribution < -0.4 is 10.6 Å². The highest BCUT2D eigenvalue weighted by atomic mass is 32.2. The van der Waals surface area contributed by atoms with E-state index < -0.39 is 5.54 Å². The predicted molar refractivity (Wildman–Crippen MR) is 106 cm³/mol. The van der Waals surface area contributed by atoms with E-state index in [4.69, 9.17) is 0 Å². The van der Waals surface area contributed by atoms with E-state index in [9.17, 15) is 10.1 Å². The lowest BCUT2D eigenvalue weighted by Crippen LogP contribution is -2.51. The monoisotopic (exact) mass is 389 g/mol. The Kier molecular flexibility index (Phi) is 7.00. The number of amides is 1. The van der Waals surface area contributed by atoms with Gasteiger partial charge in [0.1, 0.15) is 5.54 Å². The number of hydrogen-bond acceptors (Lipinski definition) is 7. The van der Waals surface area contributed by atoms with E-state index in [0.29, 0.717) is 16.0 Å². The molecule has 138 valence electrons. The van der Waals surface area contributed by atoms with Crippen LogP contribution in [0.15, 0.2) is 34.7 Å². The van der Waals surface area contributed by atoms with Crippen molar-refractivity contribution in [1.82, 2.24) is 15.5 Å². The highest BCUT2D eigenvalue weighted by Crippen LogP contribution is 2.29. The van der Waals surface area contributed by atoms with Crippen LogP contribution in [-0.4, -0.2) is 26.9 Å². The van der Waals surface area contributed by atoms with Crippen LogP contribution in [0, 0.1) is 17.2 Å². The molecule has 0 aliphatic rings. The Morgan fingerprint density at radius 2 is 2.00 bits per heavy atom. The molecule has 2 rings (SSSR count). The van der Waals surface area contributed by atoms with Crippen molar-refractivity contribution < 1.29 is 4.79 Å². The van der Waals surface area contributed by atoms with Gasteiger partial charge in [0.05, 0.1) is 11.3 Å². The molecule has 0 spiro atoms. The number of thioether (sulfide) groups is 1. The topological polar surface area (TPSA) is 90.7 Å². The first kappa shape index (κ1) is 20.2. The van der Waals surface area contributed by atoms with Crippen molar-refractivity contribution in [3.8, 4) is 6.07 Å². The maximum absolute atomic E-state index is 12.4. The number of benzene rings is 1. The van der Waals surface area contributed by atoms with Crippen LogP contribution >= 0.6 is 23.1 Å². The molecule has 1 aromatic heterocycles. The fourth-order valence-electron chi connectivity index (χ4n) is 1.97. The molecule has 1 amide bonds. The van der Waals surface area contributed by atoms with Gasteiger partial charge in [0.15, 0.2) is 4.34 Å². The van der Waals surface area contributed by atoms with Gasteiger partial charge in [-0.2, -0.15) is 5.26 Å². The lowest BCUT2D eigenvalue weighted by Gasteiger charge is -2.28. The van der Waals surface area contributed by atoms with Crippen molar-refractivity contribution in [1.29, 1.82) is 5.26 Å². The van der Waals surface area contributed by atoms with Gasteiger partial charge in [0.25, 0.3) is 0 Å². The van der Waals surface area contributed by atoms with Gasteiger partial charge in [-0.1, -0.05) is 67.3 Å². The van der Waals surface area contributed by atoms with Gasteiger partial charge in [0, 0.05) is 6.54 Å². The molecule has 0 saturated carbocycles. The zero-order chi connectivity index (χ0) is 19.2. The summed E-state index contributed by atoms with van der Waals surface area (Å²) in [6.07, 6.45) is 0. The Morgan fingerprint density at radius 1 is 1.31 bits per heavy atom. The van der Waals surface area contributed by atoms with Crippen LogP contribution in [-0.2, 0) is 11.3 Å². The fraction of sp³-hybridized carbons (Fsp3) is 0.444. The van der Waals surface area contributed by atoms with Gasteiger partial charge in [-0.3, -0.25) is 4.79 Å². The smallest absolute Gasteiger partial charge is 0.234 e. The number of aromatic nitrogens is 2. The standard InChI is InChI=1S/C18H23N5OS2/c1-12(2)18(4,11-19)21-15(24)13(3)25-17-23-22-16(26-17)20-10-14-8-6-5-7-9-14/h5-9,12-13H,10H2,1-4H3,(H,20,22)(H,21,24). The zero-order valence-corrected chi connectivity index (χ0v) is 16.9. The van der Waals surface area contributed by atoms with Gasteiger partial charge in [-0.25, -0.2) is 0 Å². The number of carbonyl (C=O) groups excluding carboxylic acids is 1. The molecule has 0 saturated heterocycles. The number of rotatable bonds is 8. The molecule has 0 aliphatic carbocycles. The summed E-state index contributed by atoms with van der Waals surface area (Å²) in [5.74, 6) is -0.161. The number of carbonyl (C=O) groups is 1. The van der Waals surface area contributed by atoms with E-state index in [-0.39, 0.29) is 17.1 Å². The molecular weight excluding hydrogens is 366 g/mol. The number of hydrogen-bond donors (Lipinski definition) is 2. The molecule has 2 N–H and O–H groups in total. The Hall–Kier alpha value is -2.11. The van der Waals surface area contributed by atoms with E-state index in [1.54, 1.807) is 13.8 Å². The van der Waals surface area contributed by atoms with Gasteiger partial charge >= 0.3 is 0 Å². The molecule has 8 heteroatoms. The Bertz CT molecular complexity index is 771. The second kappa shape index (κ2) is 9.01. The van der Waals surface area contributed by atoms with E-state index in [1.807, 2.05) is 44.2 Å². The zero-order valence-electron chi connectivity index (χ0n) is 15.3. The SMILES string of the molecule is CC(Sc1nnc(NCc2ccccc2)s1)C(=O)NC(C)(C#N)C(C)C. The van der Waals surface area contributed by atoms with E-state index in [1.165, 1.54) is 23.1 Å². The summed E-state index contributed by atoms with van der Waals surface area (Å²) >= 11 is 2.75.